The van der Waals surface area contributed by atoms with Crippen molar-refractivity contribution >= 4 is 23.2 Å². The third-order valence-electron chi connectivity index (χ3n) is 4.01. The predicted molar refractivity (Wildman–Crippen MR) is 102 cm³/mol. The highest BCUT2D eigenvalue weighted by atomic mass is 16.3. The zero-order chi connectivity index (χ0) is 19.1. The summed E-state index contributed by atoms with van der Waals surface area (Å²) in [5, 5.41) is 16.5. The highest BCUT2D eigenvalue weighted by Gasteiger charge is 2.08. The number of phenolic OH excluding ortho intramolecular Hbond substituents is 1. The molecule has 2 amide bonds. The van der Waals surface area contributed by atoms with Crippen LogP contribution in [0.25, 0.3) is 0 Å². The van der Waals surface area contributed by atoms with E-state index in [-0.39, 0.29) is 30.4 Å². The van der Waals surface area contributed by atoms with Crippen LogP contribution in [-0.2, 0) is 9.59 Å². The van der Waals surface area contributed by atoms with Gasteiger partial charge in [-0.25, -0.2) is 5.43 Å². The molecule has 0 atom stereocenters. The molecule has 0 aliphatic carbocycles. The van der Waals surface area contributed by atoms with E-state index < -0.39 is 0 Å². The molecule has 6 nitrogen and oxygen atoms in total. The van der Waals surface area contributed by atoms with Crippen molar-refractivity contribution in [3.63, 3.8) is 0 Å². The maximum Gasteiger partial charge on any atom is 0.240 e. The molecule has 0 aromatic heterocycles. The number of para-hydroxylation sites is 1. The first-order valence-electron chi connectivity index (χ1n) is 8.35. The third-order valence-corrected chi connectivity index (χ3v) is 4.01. The Morgan fingerprint density at radius 2 is 1.69 bits per heavy atom. The van der Waals surface area contributed by atoms with Crippen molar-refractivity contribution in [2.45, 2.75) is 33.6 Å². The molecular formula is C20H23N3O3. The lowest BCUT2D eigenvalue weighted by Gasteiger charge is -2.08. The largest absolute Gasteiger partial charge is 0.507 e. The zero-order valence-corrected chi connectivity index (χ0v) is 15.2. The molecule has 2 rings (SSSR count). The van der Waals surface area contributed by atoms with Crippen LogP contribution in [0.2, 0.25) is 0 Å². The van der Waals surface area contributed by atoms with E-state index in [9.17, 15) is 14.7 Å². The lowest BCUT2D eigenvalue weighted by molar-refractivity contribution is -0.124. The number of amides is 2. The van der Waals surface area contributed by atoms with Gasteiger partial charge >= 0.3 is 0 Å². The Morgan fingerprint density at radius 3 is 2.38 bits per heavy atom. The number of anilines is 1. The second-order valence-corrected chi connectivity index (χ2v) is 6.10. The average Bonchev–Trinajstić information content (AvgIpc) is 2.61. The van der Waals surface area contributed by atoms with Gasteiger partial charge in [-0.15, -0.1) is 0 Å². The van der Waals surface area contributed by atoms with Gasteiger partial charge in [-0.05, 0) is 56.2 Å². The quantitative estimate of drug-likeness (QED) is 0.550. The highest BCUT2D eigenvalue weighted by Crippen LogP contribution is 2.16. The molecule has 0 radical (unpaired) electrons. The number of carbonyl (C=O) groups is 2. The lowest BCUT2D eigenvalue weighted by atomic mass is 10.1. The maximum atomic E-state index is 12.0. The van der Waals surface area contributed by atoms with Gasteiger partial charge in [-0.2, -0.15) is 5.10 Å². The number of nitrogens with one attached hydrogen (secondary N) is 2. The van der Waals surface area contributed by atoms with E-state index in [0.29, 0.717) is 17.0 Å². The molecule has 3 N–H and O–H groups in total. The van der Waals surface area contributed by atoms with Gasteiger partial charge in [0.25, 0.3) is 0 Å². The first-order valence-corrected chi connectivity index (χ1v) is 8.35. The monoisotopic (exact) mass is 353 g/mol. The number of rotatable bonds is 6. The third kappa shape index (κ3) is 5.44. The minimum Gasteiger partial charge on any atom is -0.507 e. The molecular weight excluding hydrogens is 330 g/mol. The number of phenols is 1. The summed E-state index contributed by atoms with van der Waals surface area (Å²) in [7, 11) is 0. The fourth-order valence-electron chi connectivity index (χ4n) is 2.31. The molecule has 2 aromatic rings. The Morgan fingerprint density at radius 1 is 1.00 bits per heavy atom. The van der Waals surface area contributed by atoms with Gasteiger partial charge < -0.3 is 10.4 Å². The minimum atomic E-state index is -0.366. The normalized spacial score (nSPS) is 11.1. The summed E-state index contributed by atoms with van der Waals surface area (Å²) < 4.78 is 0. The summed E-state index contributed by atoms with van der Waals surface area (Å²) in [6.07, 6.45) is 0.0815. The van der Waals surface area contributed by atoms with E-state index in [1.165, 1.54) is 0 Å². The Balaban J connectivity index is 1.82. The van der Waals surface area contributed by atoms with Crippen LogP contribution in [-0.4, -0.2) is 22.6 Å². The highest BCUT2D eigenvalue weighted by molar-refractivity contribution is 6.01. The second kappa shape index (κ2) is 8.80. The van der Waals surface area contributed by atoms with Crippen LogP contribution in [0.4, 0.5) is 5.69 Å². The van der Waals surface area contributed by atoms with E-state index >= 15 is 0 Å². The van der Waals surface area contributed by atoms with Crippen molar-refractivity contribution in [2.24, 2.45) is 5.10 Å². The molecule has 6 heteroatoms. The summed E-state index contributed by atoms with van der Waals surface area (Å²) >= 11 is 0. The summed E-state index contributed by atoms with van der Waals surface area (Å²) in [6.45, 7) is 5.66. The van der Waals surface area contributed by atoms with Gasteiger partial charge in [0, 0.05) is 24.1 Å². The number of benzene rings is 2. The molecule has 0 unspecified atom stereocenters. The van der Waals surface area contributed by atoms with E-state index in [4.69, 9.17) is 0 Å². The van der Waals surface area contributed by atoms with Crippen molar-refractivity contribution in [3.8, 4) is 5.75 Å². The van der Waals surface area contributed by atoms with Crippen LogP contribution in [0.1, 0.15) is 36.5 Å². The fourth-order valence-corrected chi connectivity index (χ4v) is 2.31. The van der Waals surface area contributed by atoms with E-state index in [2.05, 4.69) is 15.8 Å². The summed E-state index contributed by atoms with van der Waals surface area (Å²) in [5.74, 6) is -0.504. The van der Waals surface area contributed by atoms with Crippen molar-refractivity contribution in [1.82, 2.24) is 5.43 Å². The summed E-state index contributed by atoms with van der Waals surface area (Å²) in [4.78, 5) is 23.8. The molecule has 0 fully saturated rings. The van der Waals surface area contributed by atoms with Gasteiger partial charge in [0.2, 0.25) is 11.8 Å². The van der Waals surface area contributed by atoms with Crippen LogP contribution in [0.3, 0.4) is 0 Å². The first kappa shape index (κ1) is 19.2. The van der Waals surface area contributed by atoms with Gasteiger partial charge in [0.15, 0.2) is 0 Å². The fraction of sp³-hybridized carbons (Fsp3) is 0.250. The second-order valence-electron chi connectivity index (χ2n) is 6.10. The number of hydrazone groups is 1. The Kier molecular flexibility index (Phi) is 6.49. The molecule has 0 bridgehead atoms. The molecule has 0 saturated carbocycles. The number of aromatic hydroxyl groups is 1. The van der Waals surface area contributed by atoms with E-state index in [1.807, 2.05) is 32.0 Å². The molecule has 0 heterocycles. The van der Waals surface area contributed by atoms with Crippen LogP contribution in [0.5, 0.6) is 5.75 Å². The van der Waals surface area contributed by atoms with Crippen LogP contribution in [0.15, 0.2) is 47.6 Å². The SMILES string of the molecule is C/C(=N\NC(=O)CCC(=O)Nc1ccc(C)c(C)c1)c1ccccc1O. The van der Waals surface area contributed by atoms with Crippen molar-refractivity contribution in [3.05, 3.63) is 59.2 Å². The Labute approximate surface area is 152 Å². The minimum absolute atomic E-state index is 0.0221. The molecule has 0 aliphatic heterocycles. The molecule has 2 aromatic carbocycles. The number of hydrogen-bond acceptors (Lipinski definition) is 4. The van der Waals surface area contributed by atoms with Crippen molar-refractivity contribution in [1.29, 1.82) is 0 Å². The van der Waals surface area contributed by atoms with Crippen LogP contribution < -0.4 is 10.7 Å². The topological polar surface area (TPSA) is 90.8 Å². The van der Waals surface area contributed by atoms with Crippen molar-refractivity contribution < 1.29 is 14.7 Å². The van der Waals surface area contributed by atoms with Crippen LogP contribution >= 0.6 is 0 Å². The molecule has 0 spiro atoms. The Bertz CT molecular complexity index is 844. The Hall–Kier alpha value is -3.15. The maximum absolute atomic E-state index is 12.0. The number of nitrogens with zero attached hydrogens (tertiary/aromatic N) is 1. The standard InChI is InChI=1S/C20H23N3O3/c1-13-8-9-16(12-14(13)2)21-19(25)10-11-20(26)23-22-15(3)17-6-4-5-7-18(17)24/h4-9,12,24H,10-11H2,1-3H3,(H,21,25)(H,23,26)/b22-15+. The molecule has 26 heavy (non-hydrogen) atoms. The summed E-state index contributed by atoms with van der Waals surface area (Å²) in [6, 6.07) is 12.4. The number of aryl methyl sites for hydroxylation is 2. The zero-order valence-electron chi connectivity index (χ0n) is 15.2. The first-order chi connectivity index (χ1) is 12.4. The summed E-state index contributed by atoms with van der Waals surface area (Å²) in [5.41, 5.74) is 6.39. The van der Waals surface area contributed by atoms with E-state index in [1.54, 1.807) is 31.2 Å². The van der Waals surface area contributed by atoms with Gasteiger partial charge in [-0.1, -0.05) is 18.2 Å². The number of carbonyl (C=O) groups excluding carboxylic acids is 2. The van der Waals surface area contributed by atoms with Gasteiger partial charge in [0.1, 0.15) is 5.75 Å². The van der Waals surface area contributed by atoms with Gasteiger partial charge in [-0.3, -0.25) is 9.59 Å². The van der Waals surface area contributed by atoms with E-state index in [0.717, 1.165) is 11.1 Å². The molecule has 136 valence electrons. The lowest BCUT2D eigenvalue weighted by Crippen LogP contribution is -2.21. The smallest absolute Gasteiger partial charge is 0.240 e. The predicted octanol–water partition coefficient (Wildman–Crippen LogP) is 3.27. The van der Waals surface area contributed by atoms with Gasteiger partial charge in [0.05, 0.1) is 5.71 Å². The number of hydrogen-bond donors (Lipinski definition) is 3. The van der Waals surface area contributed by atoms with Crippen LogP contribution in [0, 0.1) is 13.8 Å². The average molecular weight is 353 g/mol. The molecule has 0 saturated heterocycles. The molecule has 0 aliphatic rings. The van der Waals surface area contributed by atoms with Crippen molar-refractivity contribution in [2.75, 3.05) is 5.32 Å².